The standard InChI is InChI=1S/C22H25N5O2S/c1-13(28)15-9-18-21(23-10-15)27(12-24-18)11-14-6-7-17-20(8-14)30-22(26-17)25-16-4-2-3-5-19(16)29/h6-10,12-13,16,19,28-29H,2-5,11H2,1H3,(H,25,26)/t13?,16-,19-/m1/s1. The zero-order chi connectivity index (χ0) is 20.7. The molecule has 0 aliphatic heterocycles. The van der Waals surface area contributed by atoms with Gasteiger partial charge < -0.3 is 20.1 Å². The number of anilines is 1. The Morgan fingerprint density at radius 3 is 2.90 bits per heavy atom. The maximum absolute atomic E-state index is 10.2. The summed E-state index contributed by atoms with van der Waals surface area (Å²) in [6, 6.07) is 8.26. The Bertz CT molecular complexity index is 1180. The van der Waals surface area contributed by atoms with Crippen molar-refractivity contribution in [3.05, 3.63) is 47.9 Å². The van der Waals surface area contributed by atoms with Gasteiger partial charge in [0.25, 0.3) is 0 Å². The van der Waals surface area contributed by atoms with Crippen molar-refractivity contribution in [3.63, 3.8) is 0 Å². The van der Waals surface area contributed by atoms with E-state index in [2.05, 4.69) is 27.4 Å². The van der Waals surface area contributed by atoms with Crippen LogP contribution in [0.2, 0.25) is 0 Å². The number of nitrogens with zero attached hydrogens (tertiary/aromatic N) is 4. The first-order valence-electron chi connectivity index (χ1n) is 10.4. The molecular formula is C22H25N5O2S. The Morgan fingerprint density at radius 2 is 2.07 bits per heavy atom. The van der Waals surface area contributed by atoms with Crippen LogP contribution < -0.4 is 5.32 Å². The van der Waals surface area contributed by atoms with E-state index in [0.717, 1.165) is 63.3 Å². The van der Waals surface area contributed by atoms with E-state index in [1.54, 1.807) is 30.8 Å². The minimum atomic E-state index is -0.557. The fourth-order valence-electron chi connectivity index (χ4n) is 4.07. The second-order valence-electron chi connectivity index (χ2n) is 8.08. The highest BCUT2D eigenvalue weighted by Crippen LogP contribution is 2.30. The summed E-state index contributed by atoms with van der Waals surface area (Å²) in [7, 11) is 0. The van der Waals surface area contributed by atoms with Crippen molar-refractivity contribution in [2.24, 2.45) is 0 Å². The molecule has 5 rings (SSSR count). The summed E-state index contributed by atoms with van der Waals surface area (Å²) in [4.78, 5) is 13.6. The molecule has 0 saturated heterocycles. The first-order chi connectivity index (χ1) is 14.6. The van der Waals surface area contributed by atoms with Crippen LogP contribution in [-0.2, 0) is 6.54 Å². The van der Waals surface area contributed by atoms with Gasteiger partial charge in [-0.3, -0.25) is 0 Å². The van der Waals surface area contributed by atoms with E-state index >= 15 is 0 Å². The van der Waals surface area contributed by atoms with Crippen molar-refractivity contribution in [3.8, 4) is 0 Å². The summed E-state index contributed by atoms with van der Waals surface area (Å²) >= 11 is 1.63. The fourth-order valence-corrected chi connectivity index (χ4v) is 5.06. The van der Waals surface area contributed by atoms with Gasteiger partial charge in [-0.15, -0.1) is 0 Å². The number of nitrogens with one attached hydrogen (secondary N) is 1. The van der Waals surface area contributed by atoms with Crippen LogP contribution in [0.15, 0.2) is 36.8 Å². The predicted molar refractivity (Wildman–Crippen MR) is 119 cm³/mol. The highest BCUT2D eigenvalue weighted by molar-refractivity contribution is 7.22. The maximum Gasteiger partial charge on any atom is 0.184 e. The predicted octanol–water partition coefficient (Wildman–Crippen LogP) is 3.86. The van der Waals surface area contributed by atoms with E-state index in [4.69, 9.17) is 4.98 Å². The molecule has 3 N–H and O–H groups in total. The summed E-state index contributed by atoms with van der Waals surface area (Å²) in [5.41, 5.74) is 4.46. The van der Waals surface area contributed by atoms with Gasteiger partial charge in [-0.1, -0.05) is 30.2 Å². The van der Waals surface area contributed by atoms with Crippen molar-refractivity contribution < 1.29 is 10.2 Å². The zero-order valence-electron chi connectivity index (χ0n) is 16.8. The molecule has 3 aromatic heterocycles. The number of pyridine rings is 1. The molecule has 1 aliphatic rings. The molecule has 7 nitrogen and oxygen atoms in total. The third-order valence-corrected chi connectivity index (χ3v) is 6.75. The van der Waals surface area contributed by atoms with Crippen LogP contribution in [0.1, 0.15) is 49.8 Å². The maximum atomic E-state index is 10.2. The van der Waals surface area contributed by atoms with Gasteiger partial charge in [0.15, 0.2) is 10.8 Å². The monoisotopic (exact) mass is 423 g/mol. The highest BCUT2D eigenvalue weighted by Gasteiger charge is 2.23. The van der Waals surface area contributed by atoms with Gasteiger partial charge in [0.1, 0.15) is 5.52 Å². The zero-order valence-corrected chi connectivity index (χ0v) is 17.6. The number of imidazole rings is 1. The molecule has 8 heteroatoms. The van der Waals surface area contributed by atoms with Crippen LogP contribution >= 0.6 is 11.3 Å². The van der Waals surface area contributed by atoms with Crippen LogP contribution in [0.3, 0.4) is 0 Å². The normalized spacial score (nSPS) is 20.6. The quantitative estimate of drug-likeness (QED) is 0.451. The summed E-state index contributed by atoms with van der Waals surface area (Å²) < 4.78 is 3.13. The number of hydrogen-bond acceptors (Lipinski definition) is 7. The van der Waals surface area contributed by atoms with Crippen molar-refractivity contribution in [1.82, 2.24) is 19.5 Å². The molecular weight excluding hydrogens is 398 g/mol. The van der Waals surface area contributed by atoms with Gasteiger partial charge in [0.05, 0.1) is 41.3 Å². The third-order valence-electron chi connectivity index (χ3n) is 5.80. The number of aliphatic hydroxyl groups excluding tert-OH is 2. The van der Waals surface area contributed by atoms with Gasteiger partial charge >= 0.3 is 0 Å². The molecule has 1 aliphatic carbocycles. The van der Waals surface area contributed by atoms with Gasteiger partial charge in [-0.2, -0.15) is 0 Å². The number of fused-ring (bicyclic) bond motifs is 2. The fraction of sp³-hybridized carbons (Fsp3) is 0.409. The van der Waals surface area contributed by atoms with E-state index in [1.807, 2.05) is 16.7 Å². The Kier molecular flexibility index (Phi) is 5.14. The Balaban J connectivity index is 1.37. The molecule has 3 atom stereocenters. The van der Waals surface area contributed by atoms with Crippen LogP contribution in [0.25, 0.3) is 21.4 Å². The topological polar surface area (TPSA) is 96.1 Å². The second kappa shape index (κ2) is 7.94. The van der Waals surface area contributed by atoms with Crippen LogP contribution in [0.4, 0.5) is 5.13 Å². The van der Waals surface area contributed by atoms with Crippen LogP contribution in [0, 0.1) is 0 Å². The number of aliphatic hydroxyl groups is 2. The lowest BCUT2D eigenvalue weighted by atomic mass is 9.93. The average molecular weight is 424 g/mol. The Hall–Kier alpha value is -2.55. The number of hydrogen-bond donors (Lipinski definition) is 3. The lowest BCUT2D eigenvalue weighted by molar-refractivity contribution is 0.116. The number of aromatic nitrogens is 4. The summed E-state index contributed by atoms with van der Waals surface area (Å²) in [6.07, 6.45) is 6.73. The first kappa shape index (κ1) is 19.4. The summed E-state index contributed by atoms with van der Waals surface area (Å²) in [6.45, 7) is 2.39. The van der Waals surface area contributed by atoms with Crippen LogP contribution in [0.5, 0.6) is 0 Å². The molecule has 0 radical (unpaired) electrons. The molecule has 3 heterocycles. The van der Waals surface area contributed by atoms with Crippen molar-refractivity contribution >= 4 is 37.8 Å². The van der Waals surface area contributed by atoms with E-state index < -0.39 is 6.10 Å². The van der Waals surface area contributed by atoms with E-state index in [-0.39, 0.29) is 12.1 Å². The molecule has 30 heavy (non-hydrogen) atoms. The van der Waals surface area contributed by atoms with Crippen molar-refractivity contribution in [2.75, 3.05) is 5.32 Å². The second-order valence-corrected chi connectivity index (χ2v) is 9.11. The largest absolute Gasteiger partial charge is 0.391 e. The number of rotatable bonds is 5. The van der Waals surface area contributed by atoms with Crippen LogP contribution in [-0.4, -0.2) is 41.9 Å². The third kappa shape index (κ3) is 3.78. The smallest absolute Gasteiger partial charge is 0.184 e. The summed E-state index contributed by atoms with van der Waals surface area (Å²) in [5.74, 6) is 0. The minimum Gasteiger partial charge on any atom is -0.391 e. The minimum absolute atomic E-state index is 0.0914. The molecule has 4 aromatic rings. The first-order valence-corrected chi connectivity index (χ1v) is 11.2. The van der Waals surface area contributed by atoms with E-state index in [1.165, 1.54) is 0 Å². The van der Waals surface area contributed by atoms with Gasteiger partial charge in [0.2, 0.25) is 0 Å². The van der Waals surface area contributed by atoms with Crippen molar-refractivity contribution in [1.29, 1.82) is 0 Å². The van der Waals surface area contributed by atoms with E-state index in [9.17, 15) is 10.2 Å². The lowest BCUT2D eigenvalue weighted by Crippen LogP contribution is -2.36. The molecule has 1 saturated carbocycles. The Labute approximate surface area is 178 Å². The van der Waals surface area contributed by atoms with Crippen molar-refractivity contribution in [2.45, 2.75) is 57.4 Å². The van der Waals surface area contributed by atoms with Gasteiger partial charge in [0, 0.05) is 11.8 Å². The number of thiazole rings is 1. The van der Waals surface area contributed by atoms with E-state index in [0.29, 0.717) is 6.54 Å². The van der Waals surface area contributed by atoms with Gasteiger partial charge in [-0.05, 0) is 43.5 Å². The molecule has 0 amide bonds. The lowest BCUT2D eigenvalue weighted by Gasteiger charge is -2.27. The molecule has 1 fully saturated rings. The van der Waals surface area contributed by atoms with Gasteiger partial charge in [-0.25, -0.2) is 15.0 Å². The number of benzene rings is 1. The molecule has 1 aromatic carbocycles. The average Bonchev–Trinajstić information content (AvgIpc) is 3.32. The SMILES string of the molecule is CC(O)c1cnc2c(c1)ncn2Cc1ccc2nc(N[C@@H]3CCCC[C@H]3O)sc2c1. The molecule has 0 bridgehead atoms. The summed E-state index contributed by atoms with van der Waals surface area (Å²) in [5, 5.41) is 24.3. The molecule has 1 unspecified atom stereocenters. The highest BCUT2D eigenvalue weighted by atomic mass is 32.1. The Morgan fingerprint density at radius 1 is 1.20 bits per heavy atom. The molecule has 0 spiro atoms. The molecule has 156 valence electrons.